The number of halogens is 1. The van der Waals surface area contributed by atoms with Crippen LogP contribution in [-0.4, -0.2) is 35.1 Å². The monoisotopic (exact) mass is 279 g/mol. The van der Waals surface area contributed by atoms with Crippen molar-refractivity contribution in [3.8, 4) is 0 Å². The first kappa shape index (κ1) is 14.1. The zero-order valence-electron chi connectivity index (χ0n) is 11.0. The van der Waals surface area contributed by atoms with Gasteiger partial charge >= 0.3 is 0 Å². The van der Waals surface area contributed by atoms with Gasteiger partial charge in [0.15, 0.2) is 0 Å². The minimum Gasteiger partial charge on any atom is -0.395 e. The van der Waals surface area contributed by atoms with Crippen LogP contribution in [0.4, 0.5) is 0 Å². The second-order valence-corrected chi connectivity index (χ2v) is 5.24. The molecule has 0 aromatic heterocycles. The van der Waals surface area contributed by atoms with Crippen molar-refractivity contribution in [2.75, 3.05) is 13.2 Å². The summed E-state index contributed by atoms with van der Waals surface area (Å²) in [5.74, 6) is -0.0479. The van der Waals surface area contributed by atoms with Gasteiger partial charge in [0.25, 0.3) is 0 Å². The lowest BCUT2D eigenvalue weighted by Gasteiger charge is -2.19. The van der Waals surface area contributed by atoms with Gasteiger partial charge in [0.05, 0.1) is 6.61 Å². The SMILES string of the molecule is Cc1ccc(/C=C/C(=O)N(CCO)C2CC2)cc1Cl. The summed E-state index contributed by atoms with van der Waals surface area (Å²) in [6, 6.07) is 6.01. The normalized spacial score (nSPS) is 14.9. The molecule has 0 aliphatic heterocycles. The van der Waals surface area contributed by atoms with Crippen LogP contribution in [-0.2, 0) is 4.79 Å². The molecule has 0 saturated heterocycles. The van der Waals surface area contributed by atoms with Gasteiger partial charge in [0, 0.05) is 23.7 Å². The van der Waals surface area contributed by atoms with Crippen LogP contribution in [0, 0.1) is 6.92 Å². The molecule has 1 aromatic rings. The fraction of sp³-hybridized carbons (Fsp3) is 0.400. The number of aryl methyl sites for hydroxylation is 1. The van der Waals surface area contributed by atoms with Crippen molar-refractivity contribution in [2.45, 2.75) is 25.8 Å². The van der Waals surface area contributed by atoms with Crippen molar-refractivity contribution >= 4 is 23.6 Å². The van der Waals surface area contributed by atoms with Crippen molar-refractivity contribution in [1.29, 1.82) is 0 Å². The summed E-state index contributed by atoms with van der Waals surface area (Å²) >= 11 is 6.04. The summed E-state index contributed by atoms with van der Waals surface area (Å²) in [6.45, 7) is 2.35. The van der Waals surface area contributed by atoms with E-state index in [-0.39, 0.29) is 12.5 Å². The zero-order chi connectivity index (χ0) is 13.8. The molecule has 0 unspecified atom stereocenters. The molecule has 0 spiro atoms. The molecule has 19 heavy (non-hydrogen) atoms. The molecule has 2 rings (SSSR count). The van der Waals surface area contributed by atoms with Crippen LogP contribution in [0.5, 0.6) is 0 Å². The summed E-state index contributed by atoms with van der Waals surface area (Å²) in [5.41, 5.74) is 1.92. The number of aliphatic hydroxyl groups excluding tert-OH is 1. The van der Waals surface area contributed by atoms with Gasteiger partial charge in [-0.1, -0.05) is 23.7 Å². The Labute approximate surface area is 118 Å². The van der Waals surface area contributed by atoms with E-state index >= 15 is 0 Å². The smallest absolute Gasteiger partial charge is 0.246 e. The highest BCUT2D eigenvalue weighted by molar-refractivity contribution is 6.31. The minimum absolute atomic E-state index is 0.00639. The molecule has 1 N–H and O–H groups in total. The molecule has 1 fully saturated rings. The number of benzene rings is 1. The van der Waals surface area contributed by atoms with Crippen LogP contribution in [0.15, 0.2) is 24.3 Å². The Bertz CT molecular complexity index is 495. The number of hydrogen-bond acceptors (Lipinski definition) is 2. The lowest BCUT2D eigenvalue weighted by Crippen LogP contribution is -2.34. The Hall–Kier alpha value is -1.32. The Balaban J connectivity index is 2.03. The summed E-state index contributed by atoms with van der Waals surface area (Å²) in [7, 11) is 0. The molecule has 0 radical (unpaired) electrons. The number of rotatable bonds is 5. The average Bonchev–Trinajstić information content (AvgIpc) is 3.21. The third kappa shape index (κ3) is 3.82. The molecule has 1 aliphatic carbocycles. The molecular weight excluding hydrogens is 262 g/mol. The van der Waals surface area contributed by atoms with E-state index < -0.39 is 0 Å². The van der Waals surface area contributed by atoms with E-state index in [4.69, 9.17) is 16.7 Å². The number of hydrogen-bond donors (Lipinski definition) is 1. The highest BCUT2D eigenvalue weighted by Gasteiger charge is 2.30. The van der Waals surface area contributed by atoms with E-state index in [0.717, 1.165) is 24.0 Å². The van der Waals surface area contributed by atoms with Crippen LogP contribution < -0.4 is 0 Å². The largest absolute Gasteiger partial charge is 0.395 e. The first-order valence-electron chi connectivity index (χ1n) is 6.47. The van der Waals surface area contributed by atoms with E-state index in [2.05, 4.69) is 0 Å². The van der Waals surface area contributed by atoms with Gasteiger partial charge < -0.3 is 10.0 Å². The number of nitrogens with zero attached hydrogens (tertiary/aromatic N) is 1. The third-order valence-electron chi connectivity index (χ3n) is 3.23. The fourth-order valence-corrected chi connectivity index (χ4v) is 2.13. The van der Waals surface area contributed by atoms with Gasteiger partial charge in [-0.05, 0) is 43.0 Å². The number of aliphatic hydroxyl groups is 1. The topological polar surface area (TPSA) is 40.5 Å². The van der Waals surface area contributed by atoms with Gasteiger partial charge in [-0.15, -0.1) is 0 Å². The summed E-state index contributed by atoms with van der Waals surface area (Å²) < 4.78 is 0. The lowest BCUT2D eigenvalue weighted by atomic mass is 10.1. The van der Waals surface area contributed by atoms with Crippen LogP contribution in [0.3, 0.4) is 0 Å². The average molecular weight is 280 g/mol. The third-order valence-corrected chi connectivity index (χ3v) is 3.63. The number of carbonyl (C=O) groups is 1. The Morgan fingerprint density at radius 3 is 2.84 bits per heavy atom. The van der Waals surface area contributed by atoms with Crippen LogP contribution in [0.1, 0.15) is 24.0 Å². The molecule has 0 atom stereocenters. The van der Waals surface area contributed by atoms with Gasteiger partial charge in [0.2, 0.25) is 5.91 Å². The van der Waals surface area contributed by atoms with Crippen molar-refractivity contribution in [3.05, 3.63) is 40.4 Å². The lowest BCUT2D eigenvalue weighted by molar-refractivity contribution is -0.127. The maximum atomic E-state index is 12.0. The van der Waals surface area contributed by atoms with Crippen LogP contribution >= 0.6 is 11.6 Å². The fourth-order valence-electron chi connectivity index (χ4n) is 1.94. The van der Waals surface area contributed by atoms with Gasteiger partial charge in [-0.25, -0.2) is 0 Å². The number of carbonyl (C=O) groups excluding carboxylic acids is 1. The zero-order valence-corrected chi connectivity index (χ0v) is 11.7. The first-order valence-corrected chi connectivity index (χ1v) is 6.85. The Kier molecular flexibility index (Phi) is 4.61. The standard InChI is InChI=1S/C15H18ClNO2/c1-11-2-3-12(10-14(11)16)4-7-15(19)17(8-9-18)13-5-6-13/h2-4,7,10,13,18H,5-6,8-9H2,1H3/b7-4+. The van der Waals surface area contributed by atoms with E-state index in [1.54, 1.807) is 17.1 Å². The quantitative estimate of drug-likeness (QED) is 0.842. The molecule has 4 heteroatoms. The number of amides is 1. The summed E-state index contributed by atoms with van der Waals surface area (Å²) in [4.78, 5) is 13.8. The van der Waals surface area contributed by atoms with Crippen molar-refractivity contribution in [2.24, 2.45) is 0 Å². The second kappa shape index (κ2) is 6.22. The molecule has 1 amide bonds. The molecule has 3 nitrogen and oxygen atoms in total. The first-order chi connectivity index (χ1) is 9.11. The minimum atomic E-state index is -0.0479. The van der Waals surface area contributed by atoms with E-state index in [1.165, 1.54) is 0 Å². The Morgan fingerprint density at radius 2 is 2.26 bits per heavy atom. The van der Waals surface area contributed by atoms with Gasteiger partial charge in [-0.2, -0.15) is 0 Å². The molecule has 0 heterocycles. The van der Waals surface area contributed by atoms with E-state index in [9.17, 15) is 4.79 Å². The van der Waals surface area contributed by atoms with Crippen LogP contribution in [0.25, 0.3) is 6.08 Å². The highest BCUT2D eigenvalue weighted by atomic mass is 35.5. The molecule has 102 valence electrons. The van der Waals surface area contributed by atoms with Crippen LogP contribution in [0.2, 0.25) is 5.02 Å². The molecule has 0 bridgehead atoms. The Morgan fingerprint density at radius 1 is 1.53 bits per heavy atom. The van der Waals surface area contributed by atoms with Crippen molar-refractivity contribution < 1.29 is 9.90 Å². The predicted molar refractivity (Wildman–Crippen MR) is 77.0 cm³/mol. The highest BCUT2D eigenvalue weighted by Crippen LogP contribution is 2.27. The molecular formula is C15H18ClNO2. The van der Waals surface area contributed by atoms with E-state index in [1.807, 2.05) is 25.1 Å². The molecule has 1 aromatic carbocycles. The van der Waals surface area contributed by atoms with Crippen molar-refractivity contribution in [3.63, 3.8) is 0 Å². The van der Waals surface area contributed by atoms with Gasteiger partial charge in [-0.3, -0.25) is 4.79 Å². The maximum Gasteiger partial charge on any atom is 0.246 e. The van der Waals surface area contributed by atoms with E-state index in [0.29, 0.717) is 17.6 Å². The van der Waals surface area contributed by atoms with Crippen molar-refractivity contribution in [1.82, 2.24) is 4.90 Å². The molecule has 1 aliphatic rings. The molecule has 1 saturated carbocycles. The maximum absolute atomic E-state index is 12.0. The summed E-state index contributed by atoms with van der Waals surface area (Å²) in [5, 5.41) is 9.68. The summed E-state index contributed by atoms with van der Waals surface area (Å²) in [6.07, 6.45) is 5.39. The second-order valence-electron chi connectivity index (χ2n) is 4.83. The van der Waals surface area contributed by atoms with Gasteiger partial charge in [0.1, 0.15) is 0 Å². The predicted octanol–water partition coefficient (Wildman–Crippen LogP) is 2.64.